The standard InChI is InChI=1S/C31H32IN3O/c1-3-35(31-19-17-30(18-20-31)34-33-29-15-13-28(32)14-16-29)21-22-36-23-25-9-11-27(12-10-25)24(2)26-7-5-4-6-8-26/h4-20,24H,3,21-23H2,1-2H3. The molecule has 1 atom stereocenters. The van der Waals surface area contributed by atoms with Gasteiger partial charge in [0.15, 0.2) is 0 Å². The van der Waals surface area contributed by atoms with Gasteiger partial charge in [0.25, 0.3) is 0 Å². The lowest BCUT2D eigenvalue weighted by molar-refractivity contribution is 0.127. The van der Waals surface area contributed by atoms with Gasteiger partial charge in [0.05, 0.1) is 24.6 Å². The van der Waals surface area contributed by atoms with Crippen LogP contribution in [0.1, 0.15) is 36.5 Å². The van der Waals surface area contributed by atoms with Crippen LogP contribution in [0.2, 0.25) is 0 Å². The highest BCUT2D eigenvalue weighted by Crippen LogP contribution is 2.25. The molecule has 4 aromatic carbocycles. The van der Waals surface area contributed by atoms with E-state index in [0.29, 0.717) is 19.1 Å². The zero-order valence-electron chi connectivity index (χ0n) is 20.8. The van der Waals surface area contributed by atoms with Crippen LogP contribution in [0.4, 0.5) is 17.1 Å². The highest BCUT2D eigenvalue weighted by Gasteiger charge is 2.08. The Bertz CT molecular complexity index is 1220. The highest BCUT2D eigenvalue weighted by molar-refractivity contribution is 14.1. The quantitative estimate of drug-likeness (QED) is 0.0996. The normalized spacial score (nSPS) is 12.1. The molecule has 4 rings (SSSR count). The summed E-state index contributed by atoms with van der Waals surface area (Å²) in [5.41, 5.74) is 6.71. The molecular weight excluding hydrogens is 557 g/mol. The van der Waals surface area contributed by atoms with E-state index in [1.807, 2.05) is 36.4 Å². The van der Waals surface area contributed by atoms with Crippen molar-refractivity contribution in [3.05, 3.63) is 123 Å². The van der Waals surface area contributed by atoms with Crippen molar-refractivity contribution in [3.63, 3.8) is 0 Å². The SMILES string of the molecule is CCN(CCOCc1ccc(C(C)c2ccccc2)cc1)c1ccc(N=Nc2ccc(I)cc2)cc1. The lowest BCUT2D eigenvalue weighted by Gasteiger charge is -2.23. The fourth-order valence-electron chi connectivity index (χ4n) is 4.02. The van der Waals surface area contributed by atoms with Gasteiger partial charge in [-0.2, -0.15) is 10.2 Å². The summed E-state index contributed by atoms with van der Waals surface area (Å²) in [6.45, 7) is 7.46. The third-order valence-electron chi connectivity index (χ3n) is 6.26. The third-order valence-corrected chi connectivity index (χ3v) is 6.98. The summed E-state index contributed by atoms with van der Waals surface area (Å²) in [7, 11) is 0. The van der Waals surface area contributed by atoms with Crippen LogP contribution >= 0.6 is 22.6 Å². The largest absolute Gasteiger partial charge is 0.375 e. The highest BCUT2D eigenvalue weighted by atomic mass is 127. The molecular formula is C31H32IN3O. The first kappa shape index (κ1) is 26.0. The Morgan fingerprint density at radius 1 is 0.750 bits per heavy atom. The van der Waals surface area contributed by atoms with Crippen molar-refractivity contribution in [3.8, 4) is 0 Å². The molecule has 4 aromatic rings. The molecule has 0 radical (unpaired) electrons. The molecule has 0 aliphatic rings. The average Bonchev–Trinajstić information content (AvgIpc) is 2.94. The molecule has 0 saturated heterocycles. The molecule has 0 fully saturated rings. The number of hydrogen-bond acceptors (Lipinski definition) is 4. The first-order valence-electron chi connectivity index (χ1n) is 12.4. The monoisotopic (exact) mass is 589 g/mol. The van der Waals surface area contributed by atoms with Crippen molar-refractivity contribution >= 4 is 39.7 Å². The lowest BCUT2D eigenvalue weighted by Crippen LogP contribution is -2.26. The van der Waals surface area contributed by atoms with E-state index in [2.05, 4.69) is 118 Å². The van der Waals surface area contributed by atoms with E-state index in [4.69, 9.17) is 4.74 Å². The fourth-order valence-corrected chi connectivity index (χ4v) is 4.38. The molecule has 0 amide bonds. The van der Waals surface area contributed by atoms with E-state index < -0.39 is 0 Å². The maximum absolute atomic E-state index is 6.00. The number of anilines is 1. The third kappa shape index (κ3) is 7.48. The molecule has 0 spiro atoms. The average molecular weight is 590 g/mol. The second-order valence-electron chi connectivity index (χ2n) is 8.70. The predicted octanol–water partition coefficient (Wildman–Crippen LogP) is 8.90. The molecule has 184 valence electrons. The van der Waals surface area contributed by atoms with Gasteiger partial charge in [-0.1, -0.05) is 61.5 Å². The molecule has 0 aromatic heterocycles. The Hall–Kier alpha value is -3.03. The Morgan fingerprint density at radius 2 is 1.33 bits per heavy atom. The maximum atomic E-state index is 6.00. The molecule has 0 N–H and O–H groups in total. The summed E-state index contributed by atoms with van der Waals surface area (Å²) in [6.07, 6.45) is 0. The van der Waals surface area contributed by atoms with Gasteiger partial charge in [-0.15, -0.1) is 0 Å². The van der Waals surface area contributed by atoms with Gasteiger partial charge in [0.2, 0.25) is 0 Å². The van der Waals surface area contributed by atoms with E-state index in [0.717, 1.165) is 30.2 Å². The summed E-state index contributed by atoms with van der Waals surface area (Å²) in [5, 5.41) is 8.67. The summed E-state index contributed by atoms with van der Waals surface area (Å²) >= 11 is 2.28. The number of rotatable bonds is 11. The molecule has 0 bridgehead atoms. The summed E-state index contributed by atoms with van der Waals surface area (Å²) in [5.74, 6) is 0.384. The molecule has 0 aliphatic heterocycles. The zero-order valence-corrected chi connectivity index (χ0v) is 23.0. The Morgan fingerprint density at radius 3 is 1.94 bits per heavy atom. The minimum absolute atomic E-state index is 0.384. The fraction of sp³-hybridized carbons (Fsp3) is 0.226. The predicted molar refractivity (Wildman–Crippen MR) is 158 cm³/mol. The number of likely N-dealkylation sites (N-methyl/N-ethyl adjacent to an activating group) is 1. The zero-order chi connectivity index (χ0) is 25.2. The second kappa shape index (κ2) is 13.3. The minimum Gasteiger partial charge on any atom is -0.375 e. The van der Waals surface area contributed by atoms with Crippen LogP contribution in [0.3, 0.4) is 0 Å². The van der Waals surface area contributed by atoms with Gasteiger partial charge in [0, 0.05) is 28.3 Å². The van der Waals surface area contributed by atoms with Crippen LogP contribution in [0.5, 0.6) is 0 Å². The molecule has 0 saturated carbocycles. The van der Waals surface area contributed by atoms with Crippen LogP contribution in [0.25, 0.3) is 0 Å². The summed E-state index contributed by atoms with van der Waals surface area (Å²) < 4.78 is 7.19. The molecule has 5 heteroatoms. The van der Waals surface area contributed by atoms with Crippen molar-refractivity contribution in [1.82, 2.24) is 0 Å². The van der Waals surface area contributed by atoms with Crippen LogP contribution in [0, 0.1) is 3.57 Å². The number of nitrogens with zero attached hydrogens (tertiary/aromatic N) is 3. The smallest absolute Gasteiger partial charge is 0.0858 e. The van der Waals surface area contributed by atoms with Crippen LogP contribution in [-0.4, -0.2) is 19.7 Å². The van der Waals surface area contributed by atoms with Crippen molar-refractivity contribution in [2.24, 2.45) is 10.2 Å². The first-order valence-corrected chi connectivity index (χ1v) is 13.4. The Kier molecular flexibility index (Phi) is 9.64. The first-order chi connectivity index (χ1) is 17.6. The lowest BCUT2D eigenvalue weighted by atomic mass is 9.93. The van der Waals surface area contributed by atoms with Crippen LogP contribution in [-0.2, 0) is 11.3 Å². The van der Waals surface area contributed by atoms with Crippen LogP contribution < -0.4 is 4.90 Å². The summed E-state index contributed by atoms with van der Waals surface area (Å²) in [6, 6.07) is 35.6. The van der Waals surface area contributed by atoms with Crippen molar-refractivity contribution in [2.75, 3.05) is 24.6 Å². The van der Waals surface area contributed by atoms with Gasteiger partial charge < -0.3 is 9.64 Å². The van der Waals surface area contributed by atoms with Gasteiger partial charge in [-0.3, -0.25) is 0 Å². The van der Waals surface area contributed by atoms with Crippen molar-refractivity contribution < 1.29 is 4.74 Å². The molecule has 1 unspecified atom stereocenters. The number of benzene rings is 4. The van der Waals surface area contributed by atoms with Crippen molar-refractivity contribution in [1.29, 1.82) is 0 Å². The van der Waals surface area contributed by atoms with E-state index in [1.165, 1.54) is 20.3 Å². The summed E-state index contributed by atoms with van der Waals surface area (Å²) in [4.78, 5) is 2.31. The van der Waals surface area contributed by atoms with E-state index >= 15 is 0 Å². The maximum Gasteiger partial charge on any atom is 0.0858 e. The van der Waals surface area contributed by atoms with Crippen molar-refractivity contribution in [2.45, 2.75) is 26.4 Å². The van der Waals surface area contributed by atoms with Crippen LogP contribution in [0.15, 0.2) is 113 Å². The van der Waals surface area contributed by atoms with E-state index in [-0.39, 0.29) is 0 Å². The van der Waals surface area contributed by atoms with E-state index in [9.17, 15) is 0 Å². The number of halogens is 1. The molecule has 4 nitrogen and oxygen atoms in total. The Labute approximate surface area is 228 Å². The topological polar surface area (TPSA) is 37.2 Å². The molecule has 36 heavy (non-hydrogen) atoms. The van der Waals surface area contributed by atoms with Gasteiger partial charge in [0.1, 0.15) is 0 Å². The Balaban J connectivity index is 1.24. The number of ether oxygens (including phenoxy) is 1. The van der Waals surface area contributed by atoms with Gasteiger partial charge >= 0.3 is 0 Å². The number of azo groups is 1. The molecule has 0 aliphatic carbocycles. The number of hydrogen-bond donors (Lipinski definition) is 0. The van der Waals surface area contributed by atoms with Gasteiger partial charge in [-0.25, -0.2) is 0 Å². The second-order valence-corrected chi connectivity index (χ2v) is 9.94. The van der Waals surface area contributed by atoms with E-state index in [1.54, 1.807) is 0 Å². The minimum atomic E-state index is 0.384. The van der Waals surface area contributed by atoms with Gasteiger partial charge in [-0.05, 0) is 94.7 Å². The molecule has 0 heterocycles.